The number of hydrogen-bond donors (Lipinski definition) is 2. The van der Waals surface area contributed by atoms with Crippen LogP contribution in [-0.4, -0.2) is 64.1 Å². The zero-order valence-corrected chi connectivity index (χ0v) is 24.0. The van der Waals surface area contributed by atoms with E-state index in [1.54, 1.807) is 12.1 Å². The number of carbonyl (C=O) groups excluding carboxylic acids is 4. The molecule has 1 aliphatic carbocycles. The molecule has 2 N–H and O–H groups in total. The van der Waals surface area contributed by atoms with E-state index in [9.17, 15) is 19.2 Å². The lowest BCUT2D eigenvalue weighted by molar-refractivity contribution is -0.140. The molecule has 2 aliphatic rings. The van der Waals surface area contributed by atoms with Gasteiger partial charge >= 0.3 is 12.1 Å². The largest absolute Gasteiger partial charge is 0.469 e. The average Bonchev–Trinajstić information content (AvgIpc) is 3.51. The number of thiazole rings is 1. The monoisotopic (exact) mass is 594 g/mol. The minimum atomic E-state index is -0.803. The molecule has 41 heavy (non-hydrogen) atoms. The molecule has 1 unspecified atom stereocenters. The fourth-order valence-electron chi connectivity index (χ4n) is 4.31. The summed E-state index contributed by atoms with van der Waals surface area (Å²) in [4.78, 5) is 56.5. The molecule has 10 nitrogen and oxygen atoms in total. The van der Waals surface area contributed by atoms with Gasteiger partial charge < -0.3 is 20.1 Å². The van der Waals surface area contributed by atoms with Crippen molar-refractivity contribution in [3.8, 4) is 11.3 Å². The molecule has 3 aromatic rings. The molecule has 0 bridgehead atoms. The number of ether oxygens (including phenoxy) is 2. The number of nitrogens with zero attached hydrogens (tertiary/aromatic N) is 2. The van der Waals surface area contributed by atoms with Gasteiger partial charge in [-0.15, -0.1) is 23.1 Å². The second kappa shape index (κ2) is 13.2. The molecule has 214 valence electrons. The van der Waals surface area contributed by atoms with Crippen LogP contribution >= 0.6 is 23.1 Å². The Labute approximate surface area is 245 Å². The SMILES string of the molecule is COC(=O)CCC1SC[C@@H](C(=O)Nc2nc(-c3ccc(C(=O)NC4CC4)cc3)cs2)N1C(=O)OCc1ccccc1. The highest BCUT2D eigenvalue weighted by Gasteiger charge is 2.43. The van der Waals surface area contributed by atoms with E-state index in [0.29, 0.717) is 28.6 Å². The van der Waals surface area contributed by atoms with E-state index < -0.39 is 17.5 Å². The number of amides is 3. The standard InChI is InChI=1S/C29H30N4O6S2/c1-38-25(34)14-13-24-33(29(37)39-15-18-5-3-2-4-6-18)23(17-40-24)27(36)32-28-31-22(16-41-28)19-7-9-20(10-8-19)26(35)30-21-11-12-21/h2-10,16,21,23-24H,11-15,17H2,1H3,(H,30,35)(H,31,32,36)/t23-,24?/m0/s1. The van der Waals surface area contributed by atoms with Gasteiger partial charge in [0.15, 0.2) is 5.13 Å². The Kier molecular flexibility index (Phi) is 9.20. The smallest absolute Gasteiger partial charge is 0.411 e. The van der Waals surface area contributed by atoms with Crippen molar-refractivity contribution < 1.29 is 28.7 Å². The van der Waals surface area contributed by atoms with Crippen LogP contribution in [0, 0.1) is 0 Å². The first-order chi connectivity index (χ1) is 19.9. The number of carbonyl (C=O) groups is 4. The molecular weight excluding hydrogens is 564 g/mol. The molecule has 5 rings (SSSR count). The number of rotatable bonds is 10. The average molecular weight is 595 g/mol. The highest BCUT2D eigenvalue weighted by Crippen LogP contribution is 2.34. The van der Waals surface area contributed by atoms with Gasteiger partial charge in [0, 0.05) is 34.7 Å². The van der Waals surface area contributed by atoms with Crippen LogP contribution in [-0.2, 0) is 25.7 Å². The number of nitrogens with one attached hydrogen (secondary N) is 2. The summed E-state index contributed by atoms with van der Waals surface area (Å²) >= 11 is 2.69. The lowest BCUT2D eigenvalue weighted by atomic mass is 10.1. The Bertz CT molecular complexity index is 1390. The first-order valence-corrected chi connectivity index (χ1v) is 15.2. The lowest BCUT2D eigenvalue weighted by Gasteiger charge is -2.27. The van der Waals surface area contributed by atoms with Gasteiger partial charge in [-0.2, -0.15) is 0 Å². The predicted octanol–water partition coefficient (Wildman–Crippen LogP) is 4.67. The summed E-state index contributed by atoms with van der Waals surface area (Å²) < 4.78 is 10.3. The summed E-state index contributed by atoms with van der Waals surface area (Å²) in [7, 11) is 1.31. The van der Waals surface area contributed by atoms with E-state index in [0.717, 1.165) is 24.0 Å². The number of esters is 1. The number of benzene rings is 2. The molecule has 0 spiro atoms. The zero-order valence-electron chi connectivity index (χ0n) is 22.4. The molecule has 0 radical (unpaired) electrons. The van der Waals surface area contributed by atoms with E-state index >= 15 is 0 Å². The quantitative estimate of drug-likeness (QED) is 0.324. The van der Waals surface area contributed by atoms with Crippen LogP contribution in [0.2, 0.25) is 0 Å². The fraction of sp³-hybridized carbons (Fsp3) is 0.345. The van der Waals surface area contributed by atoms with E-state index in [1.807, 2.05) is 47.8 Å². The van der Waals surface area contributed by atoms with Crippen molar-refractivity contribution in [1.29, 1.82) is 0 Å². The number of thioether (sulfide) groups is 1. The second-order valence-electron chi connectivity index (χ2n) is 9.72. The summed E-state index contributed by atoms with van der Waals surface area (Å²) in [5.41, 5.74) is 2.89. The van der Waals surface area contributed by atoms with Crippen LogP contribution in [0.15, 0.2) is 60.0 Å². The maximum Gasteiger partial charge on any atom is 0.411 e. The van der Waals surface area contributed by atoms with Gasteiger partial charge in [-0.05, 0) is 37.0 Å². The molecular formula is C29H30N4O6S2. The van der Waals surface area contributed by atoms with Crippen molar-refractivity contribution in [3.05, 3.63) is 71.1 Å². The highest BCUT2D eigenvalue weighted by atomic mass is 32.2. The van der Waals surface area contributed by atoms with Gasteiger partial charge in [0.05, 0.1) is 18.2 Å². The maximum atomic E-state index is 13.4. The Morgan fingerprint density at radius 3 is 2.51 bits per heavy atom. The Balaban J connectivity index is 1.23. The first kappa shape index (κ1) is 28.6. The van der Waals surface area contributed by atoms with Gasteiger partial charge in [0.25, 0.3) is 5.91 Å². The molecule has 2 fully saturated rings. The molecule has 1 aliphatic heterocycles. The van der Waals surface area contributed by atoms with E-state index in [1.165, 1.54) is 35.1 Å². The van der Waals surface area contributed by atoms with E-state index in [4.69, 9.17) is 9.47 Å². The molecule has 3 amide bonds. The van der Waals surface area contributed by atoms with Crippen molar-refractivity contribution >= 4 is 52.1 Å². The van der Waals surface area contributed by atoms with Crippen LogP contribution in [0.5, 0.6) is 0 Å². The molecule has 2 atom stereocenters. The predicted molar refractivity (Wildman–Crippen MR) is 156 cm³/mol. The minimum Gasteiger partial charge on any atom is -0.469 e. The minimum absolute atomic E-state index is 0.0652. The van der Waals surface area contributed by atoms with Crippen LogP contribution in [0.25, 0.3) is 11.3 Å². The third-order valence-corrected chi connectivity index (χ3v) is 8.84. The van der Waals surface area contributed by atoms with E-state index in [2.05, 4.69) is 15.6 Å². The molecule has 1 saturated carbocycles. The van der Waals surface area contributed by atoms with Crippen molar-refractivity contribution in [2.45, 2.75) is 49.7 Å². The molecule has 2 heterocycles. The molecule has 12 heteroatoms. The molecule has 2 aromatic carbocycles. The third-order valence-electron chi connectivity index (χ3n) is 6.72. The van der Waals surface area contributed by atoms with Gasteiger partial charge in [0.1, 0.15) is 12.6 Å². The Morgan fingerprint density at radius 2 is 1.80 bits per heavy atom. The Morgan fingerprint density at radius 1 is 1.05 bits per heavy atom. The van der Waals surface area contributed by atoms with Crippen molar-refractivity contribution in [2.75, 3.05) is 18.2 Å². The maximum absolute atomic E-state index is 13.4. The summed E-state index contributed by atoms with van der Waals surface area (Å²) in [6.45, 7) is 0.0652. The second-order valence-corrected chi connectivity index (χ2v) is 11.8. The summed E-state index contributed by atoms with van der Waals surface area (Å²) in [5, 5.41) is 7.60. The molecule has 1 saturated heterocycles. The first-order valence-electron chi connectivity index (χ1n) is 13.3. The van der Waals surface area contributed by atoms with Crippen molar-refractivity contribution in [2.24, 2.45) is 0 Å². The van der Waals surface area contributed by atoms with Crippen molar-refractivity contribution in [1.82, 2.24) is 15.2 Å². The number of anilines is 1. The normalized spacial score (nSPS) is 18.0. The topological polar surface area (TPSA) is 127 Å². The van der Waals surface area contributed by atoms with Crippen LogP contribution in [0.4, 0.5) is 9.93 Å². The number of aromatic nitrogens is 1. The summed E-state index contributed by atoms with van der Waals surface area (Å²) in [6, 6.07) is 15.9. The Hall–Kier alpha value is -3.90. The highest BCUT2D eigenvalue weighted by molar-refractivity contribution is 8.00. The fourth-order valence-corrected chi connectivity index (χ4v) is 6.43. The number of methoxy groups -OCH3 is 1. The zero-order chi connectivity index (χ0) is 28.8. The third kappa shape index (κ3) is 7.44. The van der Waals surface area contributed by atoms with Crippen molar-refractivity contribution in [3.63, 3.8) is 0 Å². The van der Waals surface area contributed by atoms with Gasteiger partial charge in [0.2, 0.25) is 5.91 Å². The van der Waals surface area contributed by atoms with Gasteiger partial charge in [-0.1, -0.05) is 42.5 Å². The van der Waals surface area contributed by atoms with Gasteiger partial charge in [-0.3, -0.25) is 19.3 Å². The number of hydrogen-bond acceptors (Lipinski definition) is 9. The molecule has 1 aromatic heterocycles. The lowest BCUT2D eigenvalue weighted by Crippen LogP contribution is -2.48. The van der Waals surface area contributed by atoms with E-state index in [-0.39, 0.29) is 36.9 Å². The summed E-state index contributed by atoms with van der Waals surface area (Å²) in [5.74, 6) is -0.511. The van der Waals surface area contributed by atoms with Crippen LogP contribution < -0.4 is 10.6 Å². The summed E-state index contributed by atoms with van der Waals surface area (Å²) in [6.07, 6.45) is 1.87. The van der Waals surface area contributed by atoms with Crippen LogP contribution in [0.1, 0.15) is 41.6 Å². The van der Waals surface area contributed by atoms with Gasteiger partial charge in [-0.25, -0.2) is 9.78 Å². The van der Waals surface area contributed by atoms with Crippen LogP contribution in [0.3, 0.4) is 0 Å².